The van der Waals surface area contributed by atoms with Crippen LogP contribution in [-0.2, 0) is 4.74 Å². The molecule has 0 saturated carbocycles. The number of aromatic nitrogens is 1. The number of likely N-dealkylation sites (N-methyl/N-ethyl adjacent to an activating group) is 1. The van der Waals surface area contributed by atoms with Gasteiger partial charge < -0.3 is 14.5 Å². The van der Waals surface area contributed by atoms with Crippen LogP contribution in [-0.4, -0.2) is 87.9 Å². The first-order valence-corrected chi connectivity index (χ1v) is 9.50. The van der Waals surface area contributed by atoms with Gasteiger partial charge in [-0.1, -0.05) is 0 Å². The molecule has 3 rings (SSSR count). The van der Waals surface area contributed by atoms with Gasteiger partial charge in [0.15, 0.2) is 6.29 Å². The van der Waals surface area contributed by atoms with Crippen molar-refractivity contribution in [3.8, 4) is 0 Å². The van der Waals surface area contributed by atoms with E-state index in [0.717, 1.165) is 61.6 Å². The molecule has 0 N–H and O–H groups in total. The highest BCUT2D eigenvalue weighted by molar-refractivity contribution is 7.21. The molecule has 1 fully saturated rings. The van der Waals surface area contributed by atoms with Gasteiger partial charge in [-0.15, -0.1) is 11.3 Å². The Labute approximate surface area is 157 Å². The standard InChI is InChI=1S/C18H25N5O2S/c1-21(2)14-4-5-19-18-16(14)17(15(12-24)26-18)20-13-22(3)6-7-23-8-10-25-11-9-23/h4-5,12-13H,6-11H2,1-3H3/b20-13-. The number of nitrogens with zero attached hydrogens (tertiary/aromatic N) is 5. The summed E-state index contributed by atoms with van der Waals surface area (Å²) >= 11 is 1.38. The number of rotatable bonds is 7. The molecule has 0 aliphatic carbocycles. The van der Waals surface area contributed by atoms with Crippen LogP contribution in [0.4, 0.5) is 11.4 Å². The van der Waals surface area contributed by atoms with Crippen molar-refractivity contribution < 1.29 is 9.53 Å². The maximum absolute atomic E-state index is 11.5. The number of ether oxygens (including phenoxy) is 1. The van der Waals surface area contributed by atoms with E-state index in [1.54, 1.807) is 12.5 Å². The van der Waals surface area contributed by atoms with Gasteiger partial charge in [0.1, 0.15) is 4.83 Å². The van der Waals surface area contributed by atoms with E-state index in [4.69, 9.17) is 4.74 Å². The third kappa shape index (κ3) is 4.20. The third-order valence-corrected chi connectivity index (χ3v) is 5.43. The van der Waals surface area contributed by atoms with Crippen molar-refractivity contribution >= 4 is 45.6 Å². The van der Waals surface area contributed by atoms with E-state index in [2.05, 4.69) is 19.8 Å². The molecule has 2 aromatic rings. The predicted molar refractivity (Wildman–Crippen MR) is 107 cm³/mol. The second-order valence-electron chi connectivity index (χ2n) is 6.52. The molecule has 7 nitrogen and oxygen atoms in total. The van der Waals surface area contributed by atoms with Crippen molar-refractivity contribution in [2.24, 2.45) is 4.99 Å². The summed E-state index contributed by atoms with van der Waals surface area (Å²) in [6.07, 6.45) is 4.44. The summed E-state index contributed by atoms with van der Waals surface area (Å²) in [6, 6.07) is 1.95. The van der Waals surface area contributed by atoms with Gasteiger partial charge in [0.05, 0.1) is 41.2 Å². The zero-order valence-corrected chi connectivity index (χ0v) is 16.3. The van der Waals surface area contributed by atoms with Gasteiger partial charge in [-0.3, -0.25) is 9.69 Å². The van der Waals surface area contributed by atoms with Crippen LogP contribution in [0.15, 0.2) is 17.3 Å². The van der Waals surface area contributed by atoms with E-state index in [9.17, 15) is 4.79 Å². The lowest BCUT2D eigenvalue weighted by Gasteiger charge is -2.28. The molecule has 2 aromatic heterocycles. The first-order chi connectivity index (χ1) is 12.6. The Morgan fingerprint density at radius 2 is 2.12 bits per heavy atom. The number of carbonyl (C=O) groups excluding carboxylic acids is 1. The summed E-state index contributed by atoms with van der Waals surface area (Å²) in [5, 5.41) is 0.933. The first-order valence-electron chi connectivity index (χ1n) is 8.68. The molecule has 0 atom stereocenters. The molecule has 0 bridgehead atoms. The summed E-state index contributed by atoms with van der Waals surface area (Å²) < 4.78 is 5.38. The summed E-state index contributed by atoms with van der Waals surface area (Å²) in [5.74, 6) is 0. The first kappa shape index (κ1) is 18.8. The maximum atomic E-state index is 11.5. The van der Waals surface area contributed by atoms with Crippen molar-refractivity contribution in [1.29, 1.82) is 0 Å². The molecule has 1 aliphatic heterocycles. The lowest BCUT2D eigenvalue weighted by atomic mass is 10.2. The number of aliphatic imine (C=N–C) groups is 1. The largest absolute Gasteiger partial charge is 0.379 e. The summed E-state index contributed by atoms with van der Waals surface area (Å²) in [4.78, 5) is 28.5. The molecule has 3 heterocycles. The number of fused-ring (bicyclic) bond motifs is 1. The maximum Gasteiger partial charge on any atom is 0.162 e. The topological polar surface area (TPSA) is 61.3 Å². The van der Waals surface area contributed by atoms with E-state index in [1.165, 1.54) is 11.3 Å². The molecular formula is C18H25N5O2S. The van der Waals surface area contributed by atoms with E-state index >= 15 is 0 Å². The Kier molecular flexibility index (Phi) is 6.18. The van der Waals surface area contributed by atoms with Crippen molar-refractivity contribution in [3.05, 3.63) is 17.1 Å². The zero-order chi connectivity index (χ0) is 18.5. The molecule has 0 spiro atoms. The summed E-state index contributed by atoms with van der Waals surface area (Å²) in [5.41, 5.74) is 1.72. The van der Waals surface area contributed by atoms with Crippen molar-refractivity contribution in [1.82, 2.24) is 14.8 Å². The highest BCUT2D eigenvalue weighted by Crippen LogP contribution is 2.40. The van der Waals surface area contributed by atoms with Gasteiger partial charge in [-0.25, -0.2) is 9.98 Å². The normalized spacial score (nSPS) is 15.7. The highest BCUT2D eigenvalue weighted by atomic mass is 32.1. The number of carbonyl (C=O) groups is 1. The van der Waals surface area contributed by atoms with Gasteiger partial charge in [0.2, 0.25) is 0 Å². The summed E-state index contributed by atoms with van der Waals surface area (Å²) in [7, 11) is 5.97. The Morgan fingerprint density at radius 3 is 2.81 bits per heavy atom. The molecule has 26 heavy (non-hydrogen) atoms. The van der Waals surface area contributed by atoms with Gasteiger partial charge in [-0.05, 0) is 6.07 Å². The van der Waals surface area contributed by atoms with Crippen LogP contribution in [0.1, 0.15) is 9.67 Å². The zero-order valence-electron chi connectivity index (χ0n) is 15.5. The average Bonchev–Trinajstić information content (AvgIpc) is 3.03. The quantitative estimate of drug-likeness (QED) is 0.420. The Morgan fingerprint density at radius 1 is 1.35 bits per heavy atom. The molecule has 0 aromatic carbocycles. The van der Waals surface area contributed by atoms with Crippen LogP contribution in [0.5, 0.6) is 0 Å². The highest BCUT2D eigenvalue weighted by Gasteiger charge is 2.16. The number of thiophene rings is 1. The fourth-order valence-corrected chi connectivity index (χ4v) is 3.85. The number of morpholine rings is 1. The van der Waals surface area contributed by atoms with E-state index in [-0.39, 0.29) is 0 Å². The minimum absolute atomic E-state index is 0.611. The smallest absolute Gasteiger partial charge is 0.162 e. The lowest BCUT2D eigenvalue weighted by molar-refractivity contribution is 0.0366. The number of anilines is 1. The van der Waals surface area contributed by atoms with Crippen LogP contribution in [0.3, 0.4) is 0 Å². The molecule has 1 saturated heterocycles. The number of pyridine rings is 1. The van der Waals surface area contributed by atoms with Crippen LogP contribution in [0.25, 0.3) is 10.2 Å². The van der Waals surface area contributed by atoms with Gasteiger partial charge >= 0.3 is 0 Å². The van der Waals surface area contributed by atoms with E-state index in [1.807, 2.05) is 32.1 Å². The monoisotopic (exact) mass is 375 g/mol. The lowest BCUT2D eigenvalue weighted by Crippen LogP contribution is -2.40. The van der Waals surface area contributed by atoms with Gasteiger partial charge in [0, 0.05) is 53.5 Å². The third-order valence-electron chi connectivity index (χ3n) is 4.42. The van der Waals surface area contributed by atoms with Crippen LogP contribution in [0, 0.1) is 0 Å². The van der Waals surface area contributed by atoms with Gasteiger partial charge in [0.25, 0.3) is 0 Å². The Balaban J connectivity index is 1.78. The molecular weight excluding hydrogens is 350 g/mol. The van der Waals surface area contributed by atoms with E-state index in [0.29, 0.717) is 10.6 Å². The summed E-state index contributed by atoms with van der Waals surface area (Å²) in [6.45, 7) is 5.42. The number of hydrogen-bond acceptors (Lipinski definition) is 7. The molecule has 0 radical (unpaired) electrons. The second-order valence-corrected chi connectivity index (χ2v) is 7.55. The van der Waals surface area contributed by atoms with Gasteiger partial charge in [-0.2, -0.15) is 0 Å². The molecule has 0 unspecified atom stereocenters. The number of hydrogen-bond donors (Lipinski definition) is 0. The second kappa shape index (κ2) is 8.57. The average molecular weight is 375 g/mol. The molecule has 0 amide bonds. The van der Waals surface area contributed by atoms with Crippen molar-refractivity contribution in [3.63, 3.8) is 0 Å². The van der Waals surface area contributed by atoms with Crippen LogP contribution in [0.2, 0.25) is 0 Å². The Hall–Kier alpha value is -2.03. The minimum atomic E-state index is 0.611. The molecule has 1 aliphatic rings. The fraction of sp³-hybridized carbons (Fsp3) is 0.500. The van der Waals surface area contributed by atoms with Crippen LogP contribution >= 0.6 is 11.3 Å². The Bertz CT molecular complexity index is 783. The van der Waals surface area contributed by atoms with E-state index < -0.39 is 0 Å². The molecule has 8 heteroatoms. The predicted octanol–water partition coefficient (Wildman–Crippen LogP) is 2.10. The van der Waals surface area contributed by atoms with Crippen LogP contribution < -0.4 is 4.90 Å². The fourth-order valence-electron chi connectivity index (χ4n) is 2.93. The molecule has 140 valence electrons. The number of aldehydes is 1. The minimum Gasteiger partial charge on any atom is -0.379 e. The SMILES string of the molecule is CN(/C=N\c1c(C=O)sc2nccc(N(C)C)c12)CCN1CCOCC1. The van der Waals surface area contributed by atoms with Crippen molar-refractivity contribution in [2.75, 3.05) is 65.4 Å². The van der Waals surface area contributed by atoms with Crippen molar-refractivity contribution in [2.45, 2.75) is 0 Å².